The van der Waals surface area contributed by atoms with Crippen LogP contribution in [0.4, 0.5) is 0 Å². The van der Waals surface area contributed by atoms with Crippen molar-refractivity contribution in [3.8, 4) is 0 Å². The molecule has 7 heteroatoms. The third-order valence-electron chi connectivity index (χ3n) is 4.68. The molecule has 2 N–H and O–H groups in total. The van der Waals surface area contributed by atoms with Crippen molar-refractivity contribution < 1.29 is 27.6 Å². The van der Waals surface area contributed by atoms with E-state index < -0.39 is 16.1 Å². The van der Waals surface area contributed by atoms with Gasteiger partial charge in [-0.1, -0.05) is 30.3 Å². The van der Waals surface area contributed by atoms with Gasteiger partial charge < -0.3 is 9.84 Å². The van der Waals surface area contributed by atoms with Gasteiger partial charge in [0.05, 0.1) is 17.1 Å². The van der Waals surface area contributed by atoms with E-state index in [4.69, 9.17) is 9.84 Å². The molecule has 1 aliphatic rings. The molecular weight excluding hydrogens is 356 g/mol. The second kappa shape index (κ2) is 7.57. The molecule has 6 nitrogen and oxygen atoms in total. The Bertz CT molecular complexity index is 886. The van der Waals surface area contributed by atoms with Gasteiger partial charge in [-0.2, -0.15) is 8.42 Å². The first-order valence-corrected chi connectivity index (χ1v) is 9.75. The summed E-state index contributed by atoms with van der Waals surface area (Å²) in [6.45, 7) is 1.08. The number of carboxylic acid groups (broad SMARTS) is 1. The topological polar surface area (TPSA) is 101 Å². The molecule has 1 saturated carbocycles. The summed E-state index contributed by atoms with van der Waals surface area (Å²) in [5.41, 5.74) is 1.47. The van der Waals surface area contributed by atoms with Crippen LogP contribution in [0.3, 0.4) is 0 Å². The molecule has 1 aliphatic carbocycles. The van der Waals surface area contributed by atoms with E-state index in [1.165, 1.54) is 12.1 Å². The van der Waals surface area contributed by atoms with E-state index in [9.17, 15) is 17.8 Å². The first kappa shape index (κ1) is 18.6. The van der Waals surface area contributed by atoms with Gasteiger partial charge in [0.25, 0.3) is 10.1 Å². The molecular formula is C19H20O6S. The highest BCUT2D eigenvalue weighted by Crippen LogP contribution is 2.44. The lowest BCUT2D eigenvalue weighted by atomic mass is 9.71. The van der Waals surface area contributed by atoms with Gasteiger partial charge in [0.15, 0.2) is 0 Å². The Hall–Kier alpha value is -2.22. The van der Waals surface area contributed by atoms with Crippen LogP contribution in [0.2, 0.25) is 0 Å². The molecule has 0 amide bonds. The zero-order valence-corrected chi connectivity index (χ0v) is 14.9. The van der Waals surface area contributed by atoms with Crippen LogP contribution in [0.5, 0.6) is 0 Å². The van der Waals surface area contributed by atoms with Gasteiger partial charge in [-0.05, 0) is 54.0 Å². The summed E-state index contributed by atoms with van der Waals surface area (Å²) in [6, 6.07) is 13.5. The molecule has 0 radical (unpaired) electrons. The van der Waals surface area contributed by atoms with Gasteiger partial charge in [-0.25, -0.2) is 4.79 Å². The van der Waals surface area contributed by atoms with Crippen molar-refractivity contribution >= 4 is 16.1 Å². The van der Waals surface area contributed by atoms with Crippen molar-refractivity contribution in [2.24, 2.45) is 5.92 Å². The van der Waals surface area contributed by atoms with Crippen molar-refractivity contribution in [1.29, 1.82) is 0 Å². The predicted molar refractivity (Wildman–Crippen MR) is 94.8 cm³/mol. The number of ether oxygens (including phenoxy) is 1. The monoisotopic (exact) mass is 376 g/mol. The molecule has 26 heavy (non-hydrogen) atoms. The SMILES string of the molecule is O=C(O)c1ccc(S(=O)(=O)O)c([C@H]2C[C@@H](COCc3ccccc3)C2)c1. The van der Waals surface area contributed by atoms with Crippen LogP contribution in [-0.4, -0.2) is 30.7 Å². The van der Waals surface area contributed by atoms with Crippen molar-refractivity contribution in [1.82, 2.24) is 0 Å². The second-order valence-electron chi connectivity index (χ2n) is 6.57. The lowest BCUT2D eigenvalue weighted by Crippen LogP contribution is -2.27. The smallest absolute Gasteiger partial charge is 0.335 e. The minimum Gasteiger partial charge on any atom is -0.478 e. The lowest BCUT2D eigenvalue weighted by Gasteiger charge is -2.36. The van der Waals surface area contributed by atoms with Gasteiger partial charge in [0.2, 0.25) is 0 Å². The molecule has 138 valence electrons. The van der Waals surface area contributed by atoms with E-state index in [1.54, 1.807) is 0 Å². The Kier molecular flexibility index (Phi) is 5.41. The molecule has 0 bridgehead atoms. The molecule has 3 rings (SSSR count). The zero-order valence-electron chi connectivity index (χ0n) is 14.0. The number of carboxylic acids is 1. The fourth-order valence-electron chi connectivity index (χ4n) is 3.28. The fraction of sp³-hybridized carbons (Fsp3) is 0.316. The van der Waals surface area contributed by atoms with Crippen LogP contribution < -0.4 is 0 Å². The van der Waals surface area contributed by atoms with E-state index in [0.29, 0.717) is 31.6 Å². The highest BCUT2D eigenvalue weighted by molar-refractivity contribution is 7.85. The van der Waals surface area contributed by atoms with Gasteiger partial charge >= 0.3 is 5.97 Å². The van der Waals surface area contributed by atoms with Crippen LogP contribution >= 0.6 is 0 Å². The maximum atomic E-state index is 11.6. The van der Waals surface area contributed by atoms with Crippen molar-refractivity contribution in [2.45, 2.75) is 30.3 Å². The van der Waals surface area contributed by atoms with Crippen LogP contribution in [0.15, 0.2) is 53.4 Å². The number of benzene rings is 2. The minimum absolute atomic E-state index is 0.0103. The Labute approximate surface area is 152 Å². The van der Waals surface area contributed by atoms with E-state index >= 15 is 0 Å². The standard InChI is InChI=1S/C19H20O6S/c20-19(21)15-6-7-18(26(22,23)24)17(10-15)16-8-14(9-16)12-25-11-13-4-2-1-3-5-13/h1-7,10,14,16H,8-9,11-12H2,(H,20,21)(H,22,23,24)/t14-,16+. The lowest BCUT2D eigenvalue weighted by molar-refractivity contribution is 0.0503. The van der Waals surface area contributed by atoms with E-state index in [-0.39, 0.29) is 22.3 Å². The highest BCUT2D eigenvalue weighted by atomic mass is 32.2. The number of carbonyl (C=O) groups is 1. The number of hydrogen-bond acceptors (Lipinski definition) is 4. The van der Waals surface area contributed by atoms with Crippen LogP contribution in [0.25, 0.3) is 0 Å². The average Bonchev–Trinajstić information content (AvgIpc) is 2.56. The number of hydrogen-bond donors (Lipinski definition) is 2. The Balaban J connectivity index is 1.62. The van der Waals surface area contributed by atoms with E-state index in [0.717, 1.165) is 11.6 Å². The molecule has 0 unspecified atom stereocenters. The second-order valence-corrected chi connectivity index (χ2v) is 7.96. The van der Waals surface area contributed by atoms with Crippen molar-refractivity contribution in [2.75, 3.05) is 6.61 Å². The quantitative estimate of drug-likeness (QED) is 0.719. The van der Waals surface area contributed by atoms with Gasteiger partial charge in [0.1, 0.15) is 0 Å². The summed E-state index contributed by atoms with van der Waals surface area (Å²) in [4.78, 5) is 10.9. The molecule has 0 saturated heterocycles. The summed E-state index contributed by atoms with van der Waals surface area (Å²) in [7, 11) is -4.39. The molecule has 2 aromatic carbocycles. The molecule has 0 aliphatic heterocycles. The van der Waals surface area contributed by atoms with Crippen LogP contribution in [-0.2, 0) is 21.5 Å². The Morgan fingerprint density at radius 2 is 1.81 bits per heavy atom. The molecule has 0 aromatic heterocycles. The summed E-state index contributed by atoms with van der Waals surface area (Å²) in [5, 5.41) is 9.12. The summed E-state index contributed by atoms with van der Waals surface area (Å²) >= 11 is 0. The summed E-state index contributed by atoms with van der Waals surface area (Å²) < 4.78 is 38.3. The zero-order chi connectivity index (χ0) is 18.7. The minimum atomic E-state index is -4.39. The normalized spacial score (nSPS) is 19.7. The van der Waals surface area contributed by atoms with Crippen LogP contribution in [0.1, 0.15) is 40.2 Å². The highest BCUT2D eigenvalue weighted by Gasteiger charge is 2.34. The van der Waals surface area contributed by atoms with Gasteiger partial charge in [-0.15, -0.1) is 0 Å². The van der Waals surface area contributed by atoms with Gasteiger partial charge in [0, 0.05) is 6.61 Å². The van der Waals surface area contributed by atoms with Crippen LogP contribution in [0, 0.1) is 5.92 Å². The average molecular weight is 376 g/mol. The number of aromatic carboxylic acids is 1. The number of rotatable bonds is 7. The van der Waals surface area contributed by atoms with E-state index in [1.807, 2.05) is 30.3 Å². The molecule has 0 spiro atoms. The molecule has 0 atom stereocenters. The first-order chi connectivity index (χ1) is 12.3. The maximum absolute atomic E-state index is 11.6. The van der Waals surface area contributed by atoms with Crippen molar-refractivity contribution in [3.63, 3.8) is 0 Å². The Morgan fingerprint density at radius 3 is 2.42 bits per heavy atom. The Morgan fingerprint density at radius 1 is 1.12 bits per heavy atom. The largest absolute Gasteiger partial charge is 0.478 e. The molecule has 1 fully saturated rings. The first-order valence-electron chi connectivity index (χ1n) is 8.31. The maximum Gasteiger partial charge on any atom is 0.335 e. The summed E-state index contributed by atoms with van der Waals surface area (Å²) in [6.07, 6.45) is 1.39. The van der Waals surface area contributed by atoms with Crippen molar-refractivity contribution in [3.05, 3.63) is 65.2 Å². The molecule has 0 heterocycles. The third-order valence-corrected chi connectivity index (χ3v) is 5.60. The molecule has 2 aromatic rings. The summed E-state index contributed by atoms with van der Waals surface area (Å²) in [5.74, 6) is -0.946. The fourth-order valence-corrected chi connectivity index (χ4v) is 4.04. The van der Waals surface area contributed by atoms with Gasteiger partial charge in [-0.3, -0.25) is 4.55 Å². The predicted octanol–water partition coefficient (Wildman–Crippen LogP) is 3.34. The third kappa shape index (κ3) is 4.30. The van der Waals surface area contributed by atoms with E-state index in [2.05, 4.69) is 0 Å².